The molecule has 8 heteroatoms. The quantitative estimate of drug-likeness (QED) is 0.196. The second kappa shape index (κ2) is 25.7. The van der Waals surface area contributed by atoms with Gasteiger partial charge >= 0.3 is 108 Å². The van der Waals surface area contributed by atoms with Crippen molar-refractivity contribution in [1.82, 2.24) is 0 Å². The van der Waals surface area contributed by atoms with E-state index >= 15 is 0 Å². The van der Waals surface area contributed by atoms with E-state index < -0.39 is 0 Å². The molecule has 0 aliphatic carbocycles. The van der Waals surface area contributed by atoms with E-state index in [0.717, 1.165) is 0 Å². The summed E-state index contributed by atoms with van der Waals surface area (Å²) in [6.45, 7) is 33.0. The number of hydrogen-bond donors (Lipinski definition) is 0. The maximum absolute atomic E-state index is 2.25. The molecule has 0 heterocycles. The van der Waals surface area contributed by atoms with Gasteiger partial charge in [-0.15, -0.1) is 0 Å². The molecule has 0 unspecified atom stereocenters. The van der Waals surface area contributed by atoms with Crippen LogP contribution in [0.1, 0.15) is 83.5 Å². The van der Waals surface area contributed by atoms with E-state index in [2.05, 4.69) is 161 Å². The summed E-state index contributed by atoms with van der Waals surface area (Å²) >= 11 is 9.00. The Morgan fingerprint density at radius 2 is 0.474 bits per heavy atom. The Balaban J connectivity index is -0.0000000902. The van der Waals surface area contributed by atoms with Gasteiger partial charge in [0.2, 0.25) is 0 Å². The first kappa shape index (κ1) is 52.8. The van der Waals surface area contributed by atoms with Gasteiger partial charge in [0.1, 0.15) is 0 Å². The van der Waals surface area contributed by atoms with Crippen LogP contribution in [0.25, 0.3) is 0 Å². The van der Waals surface area contributed by atoms with Gasteiger partial charge in [0.15, 0.2) is 0 Å². The van der Waals surface area contributed by atoms with E-state index in [1.165, 1.54) is 83.5 Å². The van der Waals surface area contributed by atoms with Gasteiger partial charge < -0.3 is 27.8 Å². The van der Waals surface area contributed by atoms with Gasteiger partial charge in [0.05, 0.1) is 0 Å². The summed E-state index contributed by atoms with van der Waals surface area (Å²) in [5, 5.41) is 0. The van der Waals surface area contributed by atoms with E-state index in [0.29, 0.717) is 0 Å². The molecule has 4 radical (unpaired) electrons. The molecular formula is C30H49Fe3Se5+9. The van der Waals surface area contributed by atoms with E-state index in [9.17, 15) is 0 Å². The maximum Gasteiger partial charge on any atom is 0 e. The van der Waals surface area contributed by atoms with Crippen LogP contribution >= 0.6 is 0 Å². The Labute approximate surface area is 308 Å². The Morgan fingerprint density at radius 3 is 0.526 bits per heavy atom. The van der Waals surface area contributed by atoms with E-state index in [1.54, 1.807) is 0 Å². The topological polar surface area (TPSA) is 0 Å². The first-order valence-electron chi connectivity index (χ1n) is 11.6. The van der Waals surface area contributed by atoms with Crippen molar-refractivity contribution < 1.29 is 51.2 Å². The Bertz CT molecular complexity index is 683. The van der Waals surface area contributed by atoms with Crippen molar-refractivity contribution in [3.05, 3.63) is 83.5 Å². The summed E-state index contributed by atoms with van der Waals surface area (Å²) in [7, 11) is 0. The summed E-state index contributed by atoms with van der Waals surface area (Å²) in [5.41, 5.74) is 22.0. The molecule has 3 rings (SSSR count). The summed E-state index contributed by atoms with van der Waals surface area (Å²) in [6.07, 6.45) is 0. The van der Waals surface area contributed by atoms with Crippen LogP contribution in [-0.2, 0) is 51.2 Å². The Kier molecular flexibility index (Phi) is 35.7. The van der Waals surface area contributed by atoms with Crippen LogP contribution in [0.4, 0.5) is 0 Å². The molecule has 0 bridgehead atoms. The third-order valence-corrected chi connectivity index (χ3v) is 8.44. The van der Waals surface area contributed by atoms with Gasteiger partial charge in [0.25, 0.3) is 0 Å². The summed E-state index contributed by atoms with van der Waals surface area (Å²) in [5.74, 6) is 0. The molecule has 0 saturated heterocycles. The fraction of sp³-hybridized carbons (Fsp3) is 0.500. The van der Waals surface area contributed by atoms with Crippen LogP contribution in [0.5, 0.6) is 0 Å². The minimum absolute atomic E-state index is 0. The Morgan fingerprint density at radius 1 is 0.368 bits per heavy atom. The first-order chi connectivity index (χ1) is 15.7. The average molecular weight is 972 g/mol. The van der Waals surface area contributed by atoms with Crippen LogP contribution in [0, 0.1) is 104 Å². The van der Waals surface area contributed by atoms with E-state index in [-0.39, 0.29) is 68.3 Å². The largest absolute Gasteiger partial charge is 0 e. The van der Waals surface area contributed by atoms with Gasteiger partial charge in [-0.3, -0.25) is 0 Å². The van der Waals surface area contributed by atoms with Crippen LogP contribution in [0.15, 0.2) is 0 Å². The first-order valence-corrected chi connectivity index (χ1v) is 22.1. The molecule has 38 heavy (non-hydrogen) atoms. The maximum atomic E-state index is 2.25. The predicted molar refractivity (Wildman–Crippen MR) is 172 cm³/mol. The number of rotatable bonds is 0. The van der Waals surface area contributed by atoms with Crippen molar-refractivity contribution >= 4 is 73.8 Å². The molecule has 0 fully saturated rings. The summed E-state index contributed by atoms with van der Waals surface area (Å²) < 4.78 is 0. The molecule has 0 aliphatic heterocycles. The molecule has 3 aromatic rings. The third-order valence-electron chi connectivity index (χ3n) is 8.44. The monoisotopic (exact) mass is 977 g/mol. The van der Waals surface area contributed by atoms with Crippen molar-refractivity contribution in [2.45, 2.75) is 104 Å². The van der Waals surface area contributed by atoms with Gasteiger partial charge in [-0.25, -0.2) is 34.6 Å². The van der Waals surface area contributed by atoms with Gasteiger partial charge in [-0.05, 0) is 0 Å². The van der Waals surface area contributed by atoms with Crippen molar-refractivity contribution in [2.24, 2.45) is 0 Å². The predicted octanol–water partition coefficient (Wildman–Crippen LogP) is 5.86. The average Bonchev–Trinajstić information content (AvgIpc) is 3.22. The molecule has 0 amide bonds. The van der Waals surface area contributed by atoms with Gasteiger partial charge in [-0.1, -0.05) is 69.2 Å². The standard InChI is InChI=1S/3C10H15.3Fe.2H2Se2.Se/c3*1-6-7(2)9(4)10(5)8(6)3;;;;2*1-2;/h3*1-5H3;;;;2*1-2H;/q-5;2*-1;2*+5;+6;;;. The zero-order chi connectivity index (χ0) is 27.7. The SMILES string of the molecule is C[c-]1[c-](C)[c-](C)[c-](C)[c-]1C.Cc1c(C)c(C)[c-](C)c1C.Cc1c(C)c(C)[c-](C)c1C.[Fe+5].[Fe+5].[Fe+6].[SeH][SeH].[SeH][SeH].[Se]. The van der Waals surface area contributed by atoms with Gasteiger partial charge in [-0.2, -0.15) is 55.6 Å². The third kappa shape index (κ3) is 13.7. The smallest absolute Gasteiger partial charge is 0 e. The molecule has 0 aromatic heterocycles. The van der Waals surface area contributed by atoms with E-state index in [1.807, 2.05) is 0 Å². The zero-order valence-electron chi connectivity index (χ0n) is 25.8. The van der Waals surface area contributed by atoms with Crippen molar-refractivity contribution in [3.8, 4) is 0 Å². The van der Waals surface area contributed by atoms with Crippen LogP contribution in [-0.4, -0.2) is 73.8 Å². The van der Waals surface area contributed by atoms with E-state index in [4.69, 9.17) is 0 Å². The zero-order valence-corrected chi connectivity index (χ0v) is 38.3. The normalized spacial score (nSPS) is 8.61. The van der Waals surface area contributed by atoms with Crippen LogP contribution < -0.4 is 0 Å². The molecule has 0 spiro atoms. The molecule has 0 N–H and O–H groups in total. The summed E-state index contributed by atoms with van der Waals surface area (Å²) in [4.78, 5) is 0. The molecule has 0 nitrogen and oxygen atoms in total. The second-order valence-electron chi connectivity index (χ2n) is 9.38. The fourth-order valence-electron chi connectivity index (χ4n) is 4.22. The molecular weight excluding hydrogens is 923 g/mol. The summed E-state index contributed by atoms with van der Waals surface area (Å²) in [6, 6.07) is 0. The molecule has 0 saturated carbocycles. The minimum atomic E-state index is 0. The molecule has 3 aromatic carbocycles. The van der Waals surface area contributed by atoms with Gasteiger partial charge in [0, 0.05) is 17.1 Å². The Hall–Kier alpha value is 2.21. The van der Waals surface area contributed by atoms with Crippen molar-refractivity contribution in [1.29, 1.82) is 0 Å². The molecule has 214 valence electrons. The molecule has 0 aliphatic rings. The minimum Gasteiger partial charge on any atom is 0 e. The second-order valence-corrected chi connectivity index (χ2v) is 9.38. The molecule has 0 atom stereocenters. The fourth-order valence-corrected chi connectivity index (χ4v) is 4.22. The number of hydrogen-bond acceptors (Lipinski definition) is 0. The van der Waals surface area contributed by atoms with Crippen LogP contribution in [0.2, 0.25) is 0 Å². The van der Waals surface area contributed by atoms with Crippen LogP contribution in [0.3, 0.4) is 0 Å². The van der Waals surface area contributed by atoms with Crippen molar-refractivity contribution in [3.63, 3.8) is 0 Å². The van der Waals surface area contributed by atoms with Crippen molar-refractivity contribution in [2.75, 3.05) is 0 Å².